The number of rotatable bonds is 0. The number of aromatic nitrogens is 3. The molecule has 0 bridgehead atoms. The molecule has 3 heterocycles. The average Bonchev–Trinajstić information content (AvgIpc) is 2.46. The van der Waals surface area contributed by atoms with Crippen LogP contribution in [0.25, 0.3) is 0 Å². The molecule has 0 amide bonds. The third-order valence-electron chi connectivity index (χ3n) is 2.43. The van der Waals surface area contributed by atoms with Gasteiger partial charge in [-0.1, -0.05) is 16.5 Å². The van der Waals surface area contributed by atoms with E-state index >= 15 is 0 Å². The van der Waals surface area contributed by atoms with Crippen molar-refractivity contribution in [1.82, 2.24) is 15.2 Å². The number of pyridine rings is 1. The lowest BCUT2D eigenvalue weighted by Gasteiger charge is -2.02. The van der Waals surface area contributed by atoms with Crippen LogP contribution in [-0.2, 0) is 6.54 Å². The molecule has 0 fully saturated rings. The first kappa shape index (κ1) is 10.1. The Hall–Kier alpha value is -2.08. The molecule has 1 N–H and O–H groups in total. The van der Waals surface area contributed by atoms with Crippen LogP contribution in [0.2, 0.25) is 5.15 Å². The summed E-state index contributed by atoms with van der Waals surface area (Å²) in [5.41, 5.74) is 1.30. The molecule has 0 aromatic carbocycles. The van der Waals surface area contributed by atoms with E-state index in [0.29, 0.717) is 22.9 Å². The van der Waals surface area contributed by atoms with Gasteiger partial charge in [-0.05, 0) is 27.9 Å². The largest absolute Gasteiger partial charge is 0.384 e. The van der Waals surface area contributed by atoms with Crippen LogP contribution in [0, 0.1) is 4.91 Å². The molecule has 6 nitrogen and oxygen atoms in total. The van der Waals surface area contributed by atoms with E-state index < -0.39 is 0 Å². The maximum atomic E-state index is 11.9. The van der Waals surface area contributed by atoms with Gasteiger partial charge in [0.25, 0.3) is 0 Å². The molecule has 0 atom stereocenters. The molecule has 2 aromatic heterocycles. The molecule has 84 valence electrons. The Bertz CT molecular complexity index is 615. The Balaban J connectivity index is 2.17. The number of nitrogens with one attached hydrogen (secondary N) is 1. The molecule has 2 aromatic rings. The molecule has 0 saturated carbocycles. The van der Waals surface area contributed by atoms with Crippen LogP contribution in [-0.4, -0.2) is 19.9 Å². The minimum Gasteiger partial charge on any atom is -0.331 e. The topological polar surface area (TPSA) is 70.8 Å². The molecule has 7 heteroatoms. The van der Waals surface area contributed by atoms with Gasteiger partial charge < -0.3 is 5.32 Å². The normalized spacial score (nSPS) is 13.4. The summed E-state index contributed by atoms with van der Waals surface area (Å²) in [6, 6.07) is 5.13. The highest BCUT2D eigenvalue weighted by Gasteiger charge is 2.26. The van der Waals surface area contributed by atoms with Gasteiger partial charge in [-0.3, -0.25) is 0 Å². The van der Waals surface area contributed by atoms with E-state index in [1.807, 2.05) is 0 Å². The quantitative estimate of drug-likeness (QED) is 0.724. The van der Waals surface area contributed by atoms with Gasteiger partial charge in [0.15, 0.2) is 17.5 Å². The van der Waals surface area contributed by atoms with E-state index in [9.17, 15) is 4.91 Å². The van der Waals surface area contributed by atoms with E-state index in [2.05, 4.69) is 20.5 Å². The summed E-state index contributed by atoms with van der Waals surface area (Å²) in [6.07, 6.45) is 1.57. The number of nitrogens with zero attached hydrogens (tertiary/aromatic N) is 4. The van der Waals surface area contributed by atoms with Crippen LogP contribution in [0.4, 0.5) is 17.3 Å². The lowest BCUT2D eigenvalue weighted by atomic mass is 10.3. The van der Waals surface area contributed by atoms with Crippen molar-refractivity contribution < 1.29 is 4.76 Å². The molecule has 1 aliphatic heterocycles. The molecule has 0 radical (unpaired) electrons. The summed E-state index contributed by atoms with van der Waals surface area (Å²) in [5, 5.41) is 11.0. The van der Waals surface area contributed by atoms with Gasteiger partial charge in [0.2, 0.25) is 0 Å². The van der Waals surface area contributed by atoms with Crippen LogP contribution in [0.1, 0.15) is 5.56 Å². The van der Waals surface area contributed by atoms with E-state index in [0.717, 1.165) is 4.76 Å². The third kappa shape index (κ3) is 1.72. The van der Waals surface area contributed by atoms with Crippen LogP contribution in [0.3, 0.4) is 0 Å². The van der Waals surface area contributed by atoms with Crippen molar-refractivity contribution in [3.05, 3.63) is 40.0 Å². The summed E-state index contributed by atoms with van der Waals surface area (Å²) in [6.45, 7) is 0.140. The number of hydrogen-bond acceptors (Lipinski definition) is 5. The zero-order valence-electron chi connectivity index (χ0n) is 8.59. The average molecular weight is 249 g/mol. The minimum absolute atomic E-state index is 0.140. The van der Waals surface area contributed by atoms with E-state index in [4.69, 9.17) is 11.6 Å². The van der Waals surface area contributed by atoms with Crippen molar-refractivity contribution >= 4 is 28.9 Å². The second kappa shape index (κ2) is 3.74. The van der Waals surface area contributed by atoms with Gasteiger partial charge in [-0.15, -0.1) is 10.2 Å². The fourth-order valence-corrected chi connectivity index (χ4v) is 1.85. The lowest BCUT2D eigenvalue weighted by molar-refractivity contribution is -0.482. The fraction of sp³-hybridized carbons (Fsp3) is 0.100. The number of halogens is 1. The smallest absolute Gasteiger partial charge is 0.331 e. The molecule has 0 unspecified atom stereocenters. The van der Waals surface area contributed by atoms with Crippen LogP contribution in [0.5, 0.6) is 0 Å². The third-order valence-corrected chi connectivity index (χ3v) is 2.62. The van der Waals surface area contributed by atoms with Crippen molar-refractivity contribution in [2.24, 2.45) is 0 Å². The summed E-state index contributed by atoms with van der Waals surface area (Å²) in [4.78, 5) is 15.9. The molecule has 3 rings (SSSR count). The van der Waals surface area contributed by atoms with Crippen molar-refractivity contribution in [3.8, 4) is 0 Å². The van der Waals surface area contributed by atoms with Crippen molar-refractivity contribution in [1.29, 1.82) is 0 Å². The molecular formula is C10H7ClN5O+. The number of anilines is 2. The minimum atomic E-state index is 0.140. The summed E-state index contributed by atoms with van der Waals surface area (Å²) >= 11 is 5.75. The number of fused-ring (bicyclic) bond motifs is 2. The van der Waals surface area contributed by atoms with E-state index in [1.54, 1.807) is 24.4 Å². The monoisotopic (exact) mass is 248 g/mol. The lowest BCUT2D eigenvalue weighted by Crippen LogP contribution is -2.02. The van der Waals surface area contributed by atoms with Gasteiger partial charge in [0, 0.05) is 5.56 Å². The molecule has 17 heavy (non-hydrogen) atoms. The fourth-order valence-electron chi connectivity index (χ4n) is 1.68. The van der Waals surface area contributed by atoms with Crippen LogP contribution in [0.15, 0.2) is 24.4 Å². The first-order valence-electron chi connectivity index (χ1n) is 4.93. The Kier molecular flexibility index (Phi) is 2.22. The number of nitroso groups, excluding NO2 is 1. The highest BCUT2D eigenvalue weighted by Crippen LogP contribution is 2.31. The van der Waals surface area contributed by atoms with Gasteiger partial charge in [0.05, 0.1) is 0 Å². The highest BCUT2D eigenvalue weighted by atomic mass is 35.5. The van der Waals surface area contributed by atoms with Gasteiger partial charge in [0.1, 0.15) is 11.9 Å². The van der Waals surface area contributed by atoms with Crippen molar-refractivity contribution in [2.75, 3.05) is 5.32 Å². The molecule has 0 aliphatic carbocycles. The summed E-state index contributed by atoms with van der Waals surface area (Å²) in [7, 11) is 0. The van der Waals surface area contributed by atoms with Crippen LogP contribution >= 0.6 is 11.6 Å². The maximum Gasteiger partial charge on any atom is 0.384 e. The molecule has 0 spiro atoms. The Morgan fingerprint density at radius 3 is 3.18 bits per heavy atom. The molecule has 0 saturated heterocycles. The Labute approximate surface area is 101 Å². The van der Waals surface area contributed by atoms with E-state index in [1.165, 1.54) is 0 Å². The molecular weight excluding hydrogens is 242 g/mol. The predicted octanol–water partition coefficient (Wildman–Crippen LogP) is 2.19. The predicted molar refractivity (Wildman–Crippen MR) is 61.6 cm³/mol. The maximum absolute atomic E-state index is 11.9. The van der Waals surface area contributed by atoms with Crippen molar-refractivity contribution in [2.45, 2.75) is 6.54 Å². The first-order valence-corrected chi connectivity index (χ1v) is 5.30. The SMILES string of the molecule is O=[N+]1Cc2cc(Cl)nnc2Nc2cccnc21. The van der Waals surface area contributed by atoms with Gasteiger partial charge in [-0.25, -0.2) is 0 Å². The Morgan fingerprint density at radius 1 is 1.41 bits per heavy atom. The zero-order chi connectivity index (χ0) is 11.8. The van der Waals surface area contributed by atoms with Gasteiger partial charge >= 0.3 is 5.82 Å². The summed E-state index contributed by atoms with van der Waals surface area (Å²) in [5.74, 6) is 0.864. The highest BCUT2D eigenvalue weighted by molar-refractivity contribution is 6.29. The van der Waals surface area contributed by atoms with E-state index in [-0.39, 0.29) is 11.7 Å². The first-order chi connectivity index (χ1) is 8.24. The Morgan fingerprint density at radius 2 is 2.29 bits per heavy atom. The second-order valence-electron chi connectivity index (χ2n) is 3.58. The second-order valence-corrected chi connectivity index (χ2v) is 3.96. The summed E-state index contributed by atoms with van der Waals surface area (Å²) < 4.78 is 0.798. The van der Waals surface area contributed by atoms with Crippen LogP contribution < -0.4 is 5.32 Å². The van der Waals surface area contributed by atoms with Gasteiger partial charge in [-0.2, -0.15) is 0 Å². The zero-order valence-corrected chi connectivity index (χ0v) is 9.35. The standard InChI is InChI=1S/C10H7ClN5O/c11-8-4-6-5-16(17)10-7(2-1-3-12-10)13-9(6)15-14-8/h1-4H,5H2,(H,13,15)/q+1. The molecule has 1 aliphatic rings. The van der Waals surface area contributed by atoms with Crippen molar-refractivity contribution in [3.63, 3.8) is 0 Å². The number of hydrogen-bond donors (Lipinski definition) is 1.